The number of nitrogens with one attached hydrogen (secondary N) is 2. The number of carboxylic acids is 1. The molecule has 0 spiro atoms. The van der Waals surface area contributed by atoms with Gasteiger partial charge >= 0.3 is 12.0 Å². The summed E-state index contributed by atoms with van der Waals surface area (Å²) in [5.74, 6) is -0.827. The van der Waals surface area contributed by atoms with Crippen molar-refractivity contribution in [1.29, 1.82) is 0 Å². The Labute approximate surface area is 159 Å². The Bertz CT molecular complexity index is 824. The number of fused-ring (bicyclic) bond motifs is 1. The van der Waals surface area contributed by atoms with Gasteiger partial charge in [0.15, 0.2) is 0 Å². The largest absolute Gasteiger partial charge is 0.481 e. The predicted molar refractivity (Wildman–Crippen MR) is 98.7 cm³/mol. The number of carboxylic acid groups (broad SMARTS) is 1. The molecule has 2 atom stereocenters. The van der Waals surface area contributed by atoms with E-state index in [-0.39, 0.29) is 36.5 Å². The van der Waals surface area contributed by atoms with Crippen molar-refractivity contribution in [3.8, 4) is 0 Å². The topological polar surface area (TPSA) is 116 Å². The zero-order valence-electron chi connectivity index (χ0n) is 15.3. The van der Waals surface area contributed by atoms with Crippen molar-refractivity contribution in [2.45, 2.75) is 31.1 Å². The van der Waals surface area contributed by atoms with Gasteiger partial charge in [-0.3, -0.25) is 4.79 Å². The molecular weight excluding hydrogens is 370 g/mol. The van der Waals surface area contributed by atoms with Crippen LogP contribution in [0.5, 0.6) is 0 Å². The van der Waals surface area contributed by atoms with E-state index in [0.29, 0.717) is 13.0 Å². The third-order valence-corrected chi connectivity index (χ3v) is 7.09. The number of hydrogen-bond donors (Lipinski definition) is 3. The molecule has 3 N–H and O–H groups in total. The number of sulfonamides is 1. The lowest BCUT2D eigenvalue weighted by Gasteiger charge is -2.23. The van der Waals surface area contributed by atoms with Crippen molar-refractivity contribution in [2.24, 2.45) is 11.3 Å². The Kier molecular flexibility index (Phi) is 5.43. The quantitative estimate of drug-likeness (QED) is 0.625. The standard InChI is InChI=1S/C18H25N3O5S/c1-13-4-6-15(7-5-13)27(25,26)20-10-9-19-17(24)21-11-14-3-2-8-18(14,12-21)16(22)23/h4-7,14,20H,2-3,8-12H2,1H3,(H,19,24)(H,22,23)/t14-,18+/m0/s1. The summed E-state index contributed by atoms with van der Waals surface area (Å²) in [6.07, 6.45) is 2.31. The molecule has 0 radical (unpaired) electrons. The van der Waals surface area contributed by atoms with Crippen LogP contribution in [0.15, 0.2) is 29.2 Å². The minimum absolute atomic E-state index is 0.000732. The number of hydrogen-bond acceptors (Lipinski definition) is 4. The smallest absolute Gasteiger partial charge is 0.317 e. The van der Waals surface area contributed by atoms with Gasteiger partial charge < -0.3 is 15.3 Å². The second-order valence-corrected chi connectivity index (χ2v) is 9.14. The first-order chi connectivity index (χ1) is 12.7. The van der Waals surface area contributed by atoms with Crippen LogP contribution in [0, 0.1) is 18.3 Å². The summed E-state index contributed by atoms with van der Waals surface area (Å²) in [4.78, 5) is 25.7. The minimum Gasteiger partial charge on any atom is -0.481 e. The highest BCUT2D eigenvalue weighted by Crippen LogP contribution is 2.48. The van der Waals surface area contributed by atoms with Gasteiger partial charge in [0.2, 0.25) is 10.0 Å². The van der Waals surface area contributed by atoms with Gasteiger partial charge in [-0.05, 0) is 37.8 Å². The van der Waals surface area contributed by atoms with E-state index in [1.165, 1.54) is 17.0 Å². The Morgan fingerprint density at radius 2 is 1.96 bits per heavy atom. The minimum atomic E-state index is -3.62. The number of carbonyl (C=O) groups is 2. The highest BCUT2D eigenvalue weighted by Gasteiger charge is 2.55. The van der Waals surface area contributed by atoms with Crippen molar-refractivity contribution in [2.75, 3.05) is 26.2 Å². The highest BCUT2D eigenvalue weighted by atomic mass is 32.2. The van der Waals surface area contributed by atoms with Crippen molar-refractivity contribution in [3.05, 3.63) is 29.8 Å². The Morgan fingerprint density at radius 3 is 2.59 bits per heavy atom. The number of carbonyl (C=O) groups excluding carboxylic acids is 1. The summed E-state index contributed by atoms with van der Waals surface area (Å²) in [5.41, 5.74) is 0.153. The second kappa shape index (κ2) is 7.47. The maximum atomic E-state index is 12.3. The lowest BCUT2D eigenvalue weighted by atomic mass is 9.81. The van der Waals surface area contributed by atoms with Gasteiger partial charge in [-0.25, -0.2) is 17.9 Å². The molecule has 0 aromatic heterocycles. The molecule has 1 aliphatic carbocycles. The molecule has 27 heavy (non-hydrogen) atoms. The van der Waals surface area contributed by atoms with E-state index in [1.54, 1.807) is 12.1 Å². The maximum absolute atomic E-state index is 12.3. The Balaban J connectivity index is 1.48. The van der Waals surface area contributed by atoms with Gasteiger partial charge in [0.25, 0.3) is 0 Å². The monoisotopic (exact) mass is 395 g/mol. The number of likely N-dealkylation sites (tertiary alicyclic amines) is 1. The third-order valence-electron chi connectivity index (χ3n) is 5.61. The number of nitrogens with zero attached hydrogens (tertiary/aromatic N) is 1. The molecule has 1 aromatic rings. The van der Waals surface area contributed by atoms with Gasteiger partial charge in [-0.15, -0.1) is 0 Å². The molecule has 1 heterocycles. The number of aliphatic carboxylic acids is 1. The number of benzene rings is 1. The Morgan fingerprint density at radius 1 is 1.26 bits per heavy atom. The van der Waals surface area contributed by atoms with Gasteiger partial charge in [-0.2, -0.15) is 0 Å². The van der Waals surface area contributed by atoms with E-state index in [2.05, 4.69) is 10.0 Å². The molecule has 2 amide bonds. The van der Waals surface area contributed by atoms with Crippen LogP contribution in [-0.4, -0.2) is 56.6 Å². The van der Waals surface area contributed by atoms with Crippen molar-refractivity contribution in [3.63, 3.8) is 0 Å². The van der Waals surface area contributed by atoms with Crippen molar-refractivity contribution in [1.82, 2.24) is 14.9 Å². The molecular formula is C18H25N3O5S. The van der Waals surface area contributed by atoms with E-state index >= 15 is 0 Å². The molecule has 3 rings (SSSR count). The number of urea groups is 1. The van der Waals surface area contributed by atoms with Gasteiger partial charge in [0.05, 0.1) is 10.3 Å². The molecule has 0 bridgehead atoms. The first kappa shape index (κ1) is 19.6. The lowest BCUT2D eigenvalue weighted by Crippen LogP contribution is -2.43. The Hall–Kier alpha value is -2.13. The van der Waals surface area contributed by atoms with Crippen LogP contribution in [0.2, 0.25) is 0 Å². The van der Waals surface area contributed by atoms with E-state index in [1.807, 2.05) is 6.92 Å². The number of amides is 2. The molecule has 1 aliphatic heterocycles. The average Bonchev–Trinajstić information content (AvgIpc) is 3.17. The lowest BCUT2D eigenvalue weighted by molar-refractivity contribution is -0.149. The van der Waals surface area contributed by atoms with Crippen LogP contribution in [0.3, 0.4) is 0 Å². The highest BCUT2D eigenvalue weighted by molar-refractivity contribution is 7.89. The molecule has 1 saturated heterocycles. The van der Waals surface area contributed by atoms with E-state index in [9.17, 15) is 23.1 Å². The van der Waals surface area contributed by atoms with Crippen LogP contribution >= 0.6 is 0 Å². The van der Waals surface area contributed by atoms with Gasteiger partial charge in [0.1, 0.15) is 0 Å². The summed E-state index contributed by atoms with van der Waals surface area (Å²) in [7, 11) is -3.62. The van der Waals surface area contributed by atoms with Crippen LogP contribution in [0.4, 0.5) is 4.79 Å². The van der Waals surface area contributed by atoms with Crippen LogP contribution in [0.25, 0.3) is 0 Å². The molecule has 148 valence electrons. The van der Waals surface area contributed by atoms with Gasteiger partial charge in [-0.1, -0.05) is 24.1 Å². The first-order valence-electron chi connectivity index (χ1n) is 9.07. The first-order valence-corrected chi connectivity index (χ1v) is 10.6. The van der Waals surface area contributed by atoms with E-state index in [0.717, 1.165) is 18.4 Å². The van der Waals surface area contributed by atoms with Crippen LogP contribution in [0.1, 0.15) is 24.8 Å². The predicted octanol–water partition coefficient (Wildman–Crippen LogP) is 1.17. The van der Waals surface area contributed by atoms with Crippen molar-refractivity contribution < 1.29 is 23.1 Å². The molecule has 2 aliphatic rings. The zero-order valence-corrected chi connectivity index (χ0v) is 16.1. The average molecular weight is 395 g/mol. The van der Waals surface area contributed by atoms with Crippen molar-refractivity contribution >= 4 is 22.0 Å². The van der Waals surface area contributed by atoms with Crippen LogP contribution in [-0.2, 0) is 14.8 Å². The normalized spacial score (nSPS) is 24.6. The number of aryl methyl sites for hydroxylation is 1. The SMILES string of the molecule is Cc1ccc(S(=O)(=O)NCCNC(=O)N2C[C@@H]3CCC[C@@]3(C(=O)O)C2)cc1. The van der Waals surface area contributed by atoms with E-state index < -0.39 is 21.4 Å². The van der Waals surface area contributed by atoms with Crippen LogP contribution < -0.4 is 10.0 Å². The zero-order chi connectivity index (χ0) is 19.7. The fourth-order valence-corrected chi connectivity index (χ4v) is 5.09. The molecule has 2 fully saturated rings. The fraction of sp³-hybridized carbons (Fsp3) is 0.556. The fourth-order valence-electron chi connectivity index (χ4n) is 4.06. The molecule has 0 unspecified atom stereocenters. The third kappa shape index (κ3) is 3.93. The summed E-state index contributed by atoms with van der Waals surface area (Å²) in [6.45, 7) is 2.72. The summed E-state index contributed by atoms with van der Waals surface area (Å²) < 4.78 is 26.8. The maximum Gasteiger partial charge on any atom is 0.317 e. The summed E-state index contributed by atoms with van der Waals surface area (Å²) in [5, 5.41) is 12.2. The van der Waals surface area contributed by atoms with Gasteiger partial charge in [0, 0.05) is 26.2 Å². The summed E-state index contributed by atoms with van der Waals surface area (Å²) >= 11 is 0. The summed E-state index contributed by atoms with van der Waals surface area (Å²) in [6, 6.07) is 6.16. The second-order valence-electron chi connectivity index (χ2n) is 7.37. The molecule has 1 aromatic carbocycles. The van der Waals surface area contributed by atoms with E-state index in [4.69, 9.17) is 0 Å². The molecule has 1 saturated carbocycles. The number of rotatable bonds is 6. The molecule has 8 nitrogen and oxygen atoms in total. The molecule has 9 heteroatoms.